The molecule has 0 aliphatic carbocycles. The van der Waals surface area contributed by atoms with Gasteiger partial charge in [-0.05, 0) is 36.8 Å². The molecular formula is C19H23N3O2. The van der Waals surface area contributed by atoms with Gasteiger partial charge in [0.2, 0.25) is 0 Å². The SMILES string of the molecule is COc1ccc(C(O)CNC(C)c2nc3ccccc3n2C)cc1. The summed E-state index contributed by atoms with van der Waals surface area (Å²) in [7, 11) is 3.65. The minimum atomic E-state index is -0.576. The number of imidazole rings is 1. The van der Waals surface area contributed by atoms with Gasteiger partial charge in [0.1, 0.15) is 11.6 Å². The second kappa shape index (κ2) is 7.03. The summed E-state index contributed by atoms with van der Waals surface area (Å²) in [5.41, 5.74) is 2.96. The summed E-state index contributed by atoms with van der Waals surface area (Å²) in [5.74, 6) is 1.74. The van der Waals surface area contributed by atoms with Crippen LogP contribution in [0.5, 0.6) is 5.75 Å². The molecule has 0 bridgehead atoms. The number of para-hydroxylation sites is 2. The van der Waals surface area contributed by atoms with E-state index in [4.69, 9.17) is 4.74 Å². The number of ether oxygens (including phenoxy) is 1. The quantitative estimate of drug-likeness (QED) is 0.731. The highest BCUT2D eigenvalue weighted by Gasteiger charge is 2.16. The van der Waals surface area contributed by atoms with E-state index in [0.717, 1.165) is 28.2 Å². The third kappa shape index (κ3) is 3.27. The normalized spacial score (nSPS) is 13.8. The number of fused-ring (bicyclic) bond motifs is 1. The molecule has 0 aliphatic rings. The second-order valence-corrected chi connectivity index (χ2v) is 5.94. The Balaban J connectivity index is 1.67. The van der Waals surface area contributed by atoms with Gasteiger partial charge in [0.25, 0.3) is 0 Å². The number of nitrogens with zero attached hydrogens (tertiary/aromatic N) is 2. The molecule has 0 fully saturated rings. The number of aliphatic hydroxyl groups excluding tert-OH is 1. The van der Waals surface area contributed by atoms with Crippen LogP contribution in [-0.4, -0.2) is 28.3 Å². The van der Waals surface area contributed by atoms with E-state index in [0.29, 0.717) is 6.54 Å². The van der Waals surface area contributed by atoms with Crippen molar-refractivity contribution < 1.29 is 9.84 Å². The van der Waals surface area contributed by atoms with Gasteiger partial charge in [-0.3, -0.25) is 0 Å². The van der Waals surface area contributed by atoms with Crippen LogP contribution in [0.4, 0.5) is 0 Å². The Bertz CT molecular complexity index is 811. The number of aliphatic hydroxyl groups is 1. The molecule has 1 heterocycles. The summed E-state index contributed by atoms with van der Waals surface area (Å²) < 4.78 is 7.23. The van der Waals surface area contributed by atoms with Gasteiger partial charge in [-0.25, -0.2) is 4.98 Å². The van der Waals surface area contributed by atoms with Crippen LogP contribution in [0.25, 0.3) is 11.0 Å². The van der Waals surface area contributed by atoms with Crippen molar-refractivity contribution in [1.29, 1.82) is 0 Å². The topological polar surface area (TPSA) is 59.3 Å². The van der Waals surface area contributed by atoms with E-state index in [2.05, 4.69) is 27.9 Å². The average Bonchev–Trinajstić information content (AvgIpc) is 2.96. The summed E-state index contributed by atoms with van der Waals surface area (Å²) >= 11 is 0. The third-order valence-corrected chi connectivity index (χ3v) is 4.33. The highest BCUT2D eigenvalue weighted by atomic mass is 16.5. The third-order valence-electron chi connectivity index (χ3n) is 4.33. The zero-order valence-electron chi connectivity index (χ0n) is 14.2. The summed E-state index contributed by atoms with van der Waals surface area (Å²) in [6, 6.07) is 15.6. The van der Waals surface area contributed by atoms with Crippen molar-refractivity contribution in [2.45, 2.75) is 19.1 Å². The smallest absolute Gasteiger partial charge is 0.126 e. The Hall–Kier alpha value is -2.37. The number of hydrogen-bond donors (Lipinski definition) is 2. The van der Waals surface area contributed by atoms with Crippen molar-refractivity contribution in [2.75, 3.05) is 13.7 Å². The van der Waals surface area contributed by atoms with Gasteiger partial charge >= 0.3 is 0 Å². The molecule has 2 atom stereocenters. The van der Waals surface area contributed by atoms with E-state index in [1.54, 1.807) is 7.11 Å². The fourth-order valence-corrected chi connectivity index (χ4v) is 2.88. The highest BCUT2D eigenvalue weighted by molar-refractivity contribution is 5.75. The molecule has 2 aromatic carbocycles. The lowest BCUT2D eigenvalue weighted by molar-refractivity contribution is 0.170. The lowest BCUT2D eigenvalue weighted by Gasteiger charge is -2.17. The van der Waals surface area contributed by atoms with Crippen molar-refractivity contribution in [3.8, 4) is 5.75 Å². The molecule has 1 aromatic heterocycles. The van der Waals surface area contributed by atoms with Gasteiger partial charge in [-0.1, -0.05) is 24.3 Å². The number of aryl methyl sites for hydroxylation is 1. The van der Waals surface area contributed by atoms with Crippen LogP contribution in [0.15, 0.2) is 48.5 Å². The Kier molecular flexibility index (Phi) is 4.83. The van der Waals surface area contributed by atoms with E-state index in [-0.39, 0.29) is 6.04 Å². The molecule has 0 saturated heterocycles. The van der Waals surface area contributed by atoms with E-state index < -0.39 is 6.10 Å². The maximum Gasteiger partial charge on any atom is 0.126 e. The molecule has 126 valence electrons. The van der Waals surface area contributed by atoms with Gasteiger partial charge in [-0.2, -0.15) is 0 Å². The Morgan fingerprint density at radius 1 is 1.17 bits per heavy atom. The van der Waals surface area contributed by atoms with Crippen LogP contribution >= 0.6 is 0 Å². The van der Waals surface area contributed by atoms with Gasteiger partial charge in [-0.15, -0.1) is 0 Å². The Labute approximate surface area is 141 Å². The lowest BCUT2D eigenvalue weighted by Crippen LogP contribution is -2.26. The lowest BCUT2D eigenvalue weighted by atomic mass is 10.1. The predicted molar refractivity (Wildman–Crippen MR) is 95.1 cm³/mol. The summed E-state index contributed by atoms with van der Waals surface area (Å²) in [5, 5.41) is 13.7. The van der Waals surface area contributed by atoms with Crippen LogP contribution in [0.3, 0.4) is 0 Å². The Morgan fingerprint density at radius 3 is 2.54 bits per heavy atom. The maximum atomic E-state index is 10.4. The Morgan fingerprint density at radius 2 is 1.88 bits per heavy atom. The average molecular weight is 325 g/mol. The molecular weight excluding hydrogens is 302 g/mol. The minimum Gasteiger partial charge on any atom is -0.497 e. The van der Waals surface area contributed by atoms with Gasteiger partial charge in [0.05, 0.1) is 30.3 Å². The number of methoxy groups -OCH3 is 1. The molecule has 24 heavy (non-hydrogen) atoms. The zero-order chi connectivity index (χ0) is 17.1. The molecule has 0 amide bonds. The van der Waals surface area contributed by atoms with Crippen molar-refractivity contribution >= 4 is 11.0 Å². The zero-order valence-corrected chi connectivity index (χ0v) is 14.2. The fraction of sp³-hybridized carbons (Fsp3) is 0.316. The first-order valence-electron chi connectivity index (χ1n) is 8.07. The largest absolute Gasteiger partial charge is 0.497 e. The van der Waals surface area contributed by atoms with Crippen molar-refractivity contribution in [1.82, 2.24) is 14.9 Å². The van der Waals surface area contributed by atoms with Gasteiger partial charge in [0.15, 0.2) is 0 Å². The number of nitrogens with one attached hydrogen (secondary N) is 1. The predicted octanol–water partition coefficient (Wildman–Crippen LogP) is 2.97. The molecule has 2 unspecified atom stereocenters. The fourth-order valence-electron chi connectivity index (χ4n) is 2.88. The molecule has 2 N–H and O–H groups in total. The maximum absolute atomic E-state index is 10.4. The molecule has 0 spiro atoms. The highest BCUT2D eigenvalue weighted by Crippen LogP contribution is 2.21. The van der Waals surface area contributed by atoms with Gasteiger partial charge < -0.3 is 19.7 Å². The summed E-state index contributed by atoms with van der Waals surface area (Å²) in [6.45, 7) is 2.51. The molecule has 3 rings (SSSR count). The first-order chi connectivity index (χ1) is 11.6. The molecule has 0 aliphatic heterocycles. The van der Waals surface area contributed by atoms with Crippen molar-refractivity contribution in [3.05, 3.63) is 59.9 Å². The van der Waals surface area contributed by atoms with E-state index in [1.165, 1.54) is 0 Å². The second-order valence-electron chi connectivity index (χ2n) is 5.94. The van der Waals surface area contributed by atoms with Crippen LogP contribution in [0, 0.1) is 0 Å². The van der Waals surface area contributed by atoms with Crippen molar-refractivity contribution in [3.63, 3.8) is 0 Å². The van der Waals surface area contributed by atoms with E-state index in [9.17, 15) is 5.11 Å². The summed E-state index contributed by atoms with van der Waals surface area (Å²) in [4.78, 5) is 4.69. The van der Waals surface area contributed by atoms with Crippen molar-refractivity contribution in [2.24, 2.45) is 7.05 Å². The number of aromatic nitrogens is 2. The minimum absolute atomic E-state index is 0.0373. The van der Waals surface area contributed by atoms with Gasteiger partial charge in [0, 0.05) is 13.6 Å². The number of benzene rings is 2. The molecule has 0 saturated carbocycles. The van der Waals surface area contributed by atoms with E-state index >= 15 is 0 Å². The van der Waals surface area contributed by atoms with Crippen LogP contribution in [0.2, 0.25) is 0 Å². The molecule has 3 aromatic rings. The van der Waals surface area contributed by atoms with Crippen LogP contribution in [-0.2, 0) is 7.05 Å². The van der Waals surface area contributed by atoms with E-state index in [1.807, 2.05) is 49.5 Å². The first kappa shape index (κ1) is 16.5. The first-order valence-corrected chi connectivity index (χ1v) is 8.07. The number of hydrogen-bond acceptors (Lipinski definition) is 4. The molecule has 0 radical (unpaired) electrons. The van der Waals surface area contributed by atoms with Crippen LogP contribution < -0.4 is 10.1 Å². The van der Waals surface area contributed by atoms with Crippen LogP contribution in [0.1, 0.15) is 30.5 Å². The molecule has 5 heteroatoms. The molecule has 5 nitrogen and oxygen atoms in total. The standard InChI is InChI=1S/C19H23N3O2/c1-13(19-21-16-6-4-5-7-17(16)22(19)2)20-12-18(23)14-8-10-15(24-3)11-9-14/h4-11,13,18,20,23H,12H2,1-3H3. The summed E-state index contributed by atoms with van der Waals surface area (Å²) in [6.07, 6.45) is -0.576. The number of rotatable bonds is 6. The monoisotopic (exact) mass is 325 g/mol.